The Morgan fingerprint density at radius 1 is 1.60 bits per heavy atom. The van der Waals surface area contributed by atoms with Crippen LogP contribution in [0.3, 0.4) is 0 Å². The van der Waals surface area contributed by atoms with E-state index in [1.807, 2.05) is 0 Å². The number of amides is 1. The fourth-order valence-electron chi connectivity index (χ4n) is 0.970. The van der Waals surface area contributed by atoms with Crippen molar-refractivity contribution in [3.8, 4) is 0 Å². The van der Waals surface area contributed by atoms with Gasteiger partial charge in [-0.1, -0.05) is 0 Å². The molecule has 0 saturated heterocycles. The second kappa shape index (κ2) is 5.23. The summed E-state index contributed by atoms with van der Waals surface area (Å²) in [5.41, 5.74) is 2.52. The highest BCUT2D eigenvalue weighted by Crippen LogP contribution is 2.02. The second-order valence-electron chi connectivity index (χ2n) is 2.90. The summed E-state index contributed by atoms with van der Waals surface area (Å²) in [7, 11) is 1.58. The normalized spacial score (nSPS) is 9.80. The zero-order chi connectivity index (χ0) is 11.3. The molecule has 0 aliphatic heterocycles. The molecule has 15 heavy (non-hydrogen) atoms. The SMILES string of the molecule is CN(CCO)C(=O)c1ccc(NN)nn1. The van der Waals surface area contributed by atoms with Crippen LogP contribution in [0.1, 0.15) is 10.5 Å². The first-order valence-corrected chi connectivity index (χ1v) is 4.35. The van der Waals surface area contributed by atoms with Crippen molar-refractivity contribution in [1.29, 1.82) is 0 Å². The first-order valence-electron chi connectivity index (χ1n) is 4.35. The van der Waals surface area contributed by atoms with Gasteiger partial charge < -0.3 is 15.4 Å². The Labute approximate surface area is 86.9 Å². The molecule has 7 heteroatoms. The van der Waals surface area contributed by atoms with Crippen molar-refractivity contribution in [1.82, 2.24) is 15.1 Å². The maximum atomic E-state index is 11.6. The predicted octanol–water partition coefficient (Wildman–Crippen LogP) is -1.17. The molecule has 7 nitrogen and oxygen atoms in total. The smallest absolute Gasteiger partial charge is 0.274 e. The lowest BCUT2D eigenvalue weighted by molar-refractivity contribution is 0.0760. The van der Waals surface area contributed by atoms with Crippen molar-refractivity contribution >= 4 is 11.7 Å². The number of nitrogens with two attached hydrogens (primary N) is 1. The quantitative estimate of drug-likeness (QED) is 0.428. The molecule has 0 aliphatic carbocycles. The predicted molar refractivity (Wildman–Crippen MR) is 53.9 cm³/mol. The number of nitrogens with zero attached hydrogens (tertiary/aromatic N) is 3. The van der Waals surface area contributed by atoms with Crippen molar-refractivity contribution in [2.24, 2.45) is 5.84 Å². The van der Waals surface area contributed by atoms with Crippen LogP contribution in [0.5, 0.6) is 0 Å². The number of carbonyl (C=O) groups excluding carboxylic acids is 1. The Morgan fingerprint density at radius 3 is 2.80 bits per heavy atom. The fraction of sp³-hybridized carbons (Fsp3) is 0.375. The summed E-state index contributed by atoms with van der Waals surface area (Å²) in [6, 6.07) is 3.06. The van der Waals surface area contributed by atoms with Crippen LogP contribution < -0.4 is 11.3 Å². The molecule has 0 spiro atoms. The Morgan fingerprint density at radius 2 is 2.33 bits per heavy atom. The minimum atomic E-state index is -0.292. The maximum Gasteiger partial charge on any atom is 0.274 e. The van der Waals surface area contributed by atoms with Crippen molar-refractivity contribution in [3.05, 3.63) is 17.8 Å². The molecule has 1 rings (SSSR count). The summed E-state index contributed by atoms with van der Waals surface area (Å²) < 4.78 is 0. The number of anilines is 1. The van der Waals surface area contributed by atoms with Crippen LogP contribution in [0, 0.1) is 0 Å². The topological polar surface area (TPSA) is 104 Å². The van der Waals surface area contributed by atoms with Crippen molar-refractivity contribution in [2.75, 3.05) is 25.6 Å². The van der Waals surface area contributed by atoms with Gasteiger partial charge in [0.15, 0.2) is 11.5 Å². The third kappa shape index (κ3) is 2.86. The summed E-state index contributed by atoms with van der Waals surface area (Å²) >= 11 is 0. The molecule has 0 radical (unpaired) electrons. The van der Waals surface area contributed by atoms with Gasteiger partial charge in [-0.15, -0.1) is 10.2 Å². The van der Waals surface area contributed by atoms with Crippen LogP contribution in [0.15, 0.2) is 12.1 Å². The first kappa shape index (κ1) is 11.3. The summed E-state index contributed by atoms with van der Waals surface area (Å²) in [4.78, 5) is 13.0. The molecule has 0 saturated carbocycles. The van der Waals surface area contributed by atoms with Gasteiger partial charge in [0.2, 0.25) is 0 Å². The molecule has 1 amide bonds. The zero-order valence-electron chi connectivity index (χ0n) is 8.34. The van der Waals surface area contributed by atoms with E-state index < -0.39 is 0 Å². The van der Waals surface area contributed by atoms with E-state index in [0.717, 1.165) is 0 Å². The lowest BCUT2D eigenvalue weighted by Crippen LogP contribution is -2.30. The van der Waals surface area contributed by atoms with Crippen molar-refractivity contribution in [2.45, 2.75) is 0 Å². The van der Waals surface area contributed by atoms with Gasteiger partial charge in [-0.3, -0.25) is 4.79 Å². The number of nitrogens with one attached hydrogen (secondary N) is 1. The Kier molecular flexibility index (Phi) is 3.95. The van der Waals surface area contributed by atoms with Crippen molar-refractivity contribution in [3.63, 3.8) is 0 Å². The largest absolute Gasteiger partial charge is 0.395 e. The third-order valence-electron chi connectivity index (χ3n) is 1.81. The van der Waals surface area contributed by atoms with Crippen molar-refractivity contribution < 1.29 is 9.90 Å². The molecule has 0 unspecified atom stereocenters. The number of aliphatic hydroxyl groups excluding tert-OH is 1. The molecule has 82 valence electrons. The van der Waals surface area contributed by atoms with Gasteiger partial charge in [0.25, 0.3) is 5.91 Å². The minimum absolute atomic E-state index is 0.0852. The lowest BCUT2D eigenvalue weighted by Gasteiger charge is -2.14. The number of aliphatic hydroxyl groups is 1. The molecular weight excluding hydrogens is 198 g/mol. The average molecular weight is 211 g/mol. The summed E-state index contributed by atoms with van der Waals surface area (Å²) in [6.07, 6.45) is 0. The molecule has 1 aromatic heterocycles. The highest BCUT2D eigenvalue weighted by atomic mass is 16.3. The number of likely N-dealkylation sites (N-methyl/N-ethyl adjacent to an activating group) is 1. The summed E-state index contributed by atoms with van der Waals surface area (Å²) in [5, 5.41) is 16.0. The second-order valence-corrected chi connectivity index (χ2v) is 2.90. The molecule has 1 heterocycles. The van der Waals surface area contributed by atoms with Gasteiger partial charge in [-0.05, 0) is 12.1 Å². The lowest BCUT2D eigenvalue weighted by atomic mass is 10.3. The first-order chi connectivity index (χ1) is 7.19. The van der Waals surface area contributed by atoms with E-state index in [4.69, 9.17) is 10.9 Å². The van der Waals surface area contributed by atoms with Gasteiger partial charge in [-0.25, -0.2) is 5.84 Å². The number of hydrazine groups is 1. The van der Waals surface area contributed by atoms with Crippen LogP contribution in [0.2, 0.25) is 0 Å². The fourth-order valence-corrected chi connectivity index (χ4v) is 0.970. The number of rotatable bonds is 4. The van der Waals surface area contributed by atoms with Gasteiger partial charge in [0.05, 0.1) is 6.61 Å². The molecule has 1 aromatic rings. The van der Waals surface area contributed by atoms with E-state index in [1.54, 1.807) is 13.1 Å². The molecule has 0 aliphatic rings. The Hall–Kier alpha value is -1.73. The van der Waals surface area contributed by atoms with Crippen LogP contribution in [-0.2, 0) is 0 Å². The third-order valence-corrected chi connectivity index (χ3v) is 1.81. The molecule has 0 atom stereocenters. The number of nitrogen functional groups attached to an aromatic ring is 1. The minimum Gasteiger partial charge on any atom is -0.395 e. The number of aromatic nitrogens is 2. The monoisotopic (exact) mass is 211 g/mol. The number of hydrogen-bond acceptors (Lipinski definition) is 6. The zero-order valence-corrected chi connectivity index (χ0v) is 8.34. The number of carbonyl (C=O) groups is 1. The molecule has 0 aromatic carbocycles. The van der Waals surface area contributed by atoms with E-state index >= 15 is 0 Å². The van der Waals surface area contributed by atoms with Gasteiger partial charge >= 0.3 is 0 Å². The van der Waals surface area contributed by atoms with E-state index in [-0.39, 0.29) is 24.8 Å². The van der Waals surface area contributed by atoms with Crippen LogP contribution in [0.25, 0.3) is 0 Å². The van der Waals surface area contributed by atoms with Gasteiger partial charge in [0, 0.05) is 13.6 Å². The van der Waals surface area contributed by atoms with E-state index in [0.29, 0.717) is 5.82 Å². The average Bonchev–Trinajstić information content (AvgIpc) is 2.28. The van der Waals surface area contributed by atoms with Crippen LogP contribution in [-0.4, -0.2) is 46.3 Å². The van der Waals surface area contributed by atoms with Crippen LogP contribution in [0.4, 0.5) is 5.82 Å². The molecule has 0 bridgehead atoms. The molecular formula is C8H13N5O2. The molecule has 0 fully saturated rings. The van der Waals surface area contributed by atoms with E-state index in [1.165, 1.54) is 11.0 Å². The summed E-state index contributed by atoms with van der Waals surface area (Å²) in [5.74, 6) is 5.20. The Bertz CT molecular complexity index is 326. The molecule has 4 N–H and O–H groups in total. The Balaban J connectivity index is 2.73. The maximum absolute atomic E-state index is 11.6. The highest BCUT2D eigenvalue weighted by Gasteiger charge is 2.12. The van der Waals surface area contributed by atoms with E-state index in [2.05, 4.69) is 15.6 Å². The standard InChI is InChI=1S/C8H13N5O2/c1-13(4-5-14)8(15)6-2-3-7(10-9)12-11-6/h2-3,14H,4-5,9H2,1H3,(H,10,12). The van der Waals surface area contributed by atoms with Gasteiger partial charge in [-0.2, -0.15) is 0 Å². The van der Waals surface area contributed by atoms with E-state index in [9.17, 15) is 4.79 Å². The summed E-state index contributed by atoms with van der Waals surface area (Å²) in [6.45, 7) is 0.176. The van der Waals surface area contributed by atoms with Crippen LogP contribution >= 0.6 is 0 Å². The van der Waals surface area contributed by atoms with Gasteiger partial charge in [0.1, 0.15) is 0 Å². The number of hydrogen-bond donors (Lipinski definition) is 3. The highest BCUT2D eigenvalue weighted by molar-refractivity contribution is 5.92.